The van der Waals surface area contributed by atoms with Gasteiger partial charge in [-0.2, -0.15) is 0 Å². The van der Waals surface area contributed by atoms with Gasteiger partial charge in [0.1, 0.15) is 6.61 Å². The molecule has 1 aromatic carbocycles. The molecule has 2 rings (SSSR count). The van der Waals surface area contributed by atoms with Crippen LogP contribution in [0.2, 0.25) is 10.0 Å². The van der Waals surface area contributed by atoms with Crippen molar-refractivity contribution < 1.29 is 9.53 Å². The molecule has 0 aliphatic carbocycles. The van der Waals surface area contributed by atoms with Crippen LogP contribution in [0, 0.1) is 0 Å². The van der Waals surface area contributed by atoms with Gasteiger partial charge in [-0.05, 0) is 43.0 Å². The highest BCUT2D eigenvalue weighted by Gasteiger charge is 2.17. The van der Waals surface area contributed by atoms with Gasteiger partial charge in [-0.25, -0.2) is 4.79 Å². The minimum absolute atomic E-state index is 0.204. The second-order valence-corrected chi connectivity index (χ2v) is 5.25. The van der Waals surface area contributed by atoms with Crippen molar-refractivity contribution >= 4 is 29.3 Å². The van der Waals surface area contributed by atoms with Crippen LogP contribution in [0.15, 0.2) is 18.2 Å². The number of likely N-dealkylation sites (tertiary alicyclic amines) is 1. The summed E-state index contributed by atoms with van der Waals surface area (Å²) in [5.74, 6) is 0. The first-order chi connectivity index (χ1) is 8.65. The number of nitrogens with zero attached hydrogens (tertiary/aromatic N) is 1. The lowest BCUT2D eigenvalue weighted by Gasteiger charge is -2.25. The quantitative estimate of drug-likeness (QED) is 0.819. The van der Waals surface area contributed by atoms with E-state index in [4.69, 9.17) is 27.9 Å². The monoisotopic (exact) mass is 287 g/mol. The molecule has 0 spiro atoms. The normalized spacial score (nSPS) is 15.6. The molecule has 1 aliphatic rings. The van der Waals surface area contributed by atoms with Crippen LogP contribution in [-0.4, -0.2) is 24.1 Å². The molecular formula is C13H15Cl2NO2. The van der Waals surface area contributed by atoms with E-state index in [0.717, 1.165) is 31.5 Å². The van der Waals surface area contributed by atoms with Gasteiger partial charge in [0.05, 0.1) is 0 Å². The number of hydrogen-bond acceptors (Lipinski definition) is 2. The van der Waals surface area contributed by atoms with E-state index in [1.807, 2.05) is 0 Å². The fourth-order valence-corrected chi connectivity index (χ4v) is 2.58. The molecule has 0 unspecified atom stereocenters. The summed E-state index contributed by atoms with van der Waals surface area (Å²) in [6.45, 7) is 1.78. The van der Waals surface area contributed by atoms with E-state index in [0.29, 0.717) is 10.0 Å². The van der Waals surface area contributed by atoms with Crippen LogP contribution in [-0.2, 0) is 11.3 Å². The minimum Gasteiger partial charge on any atom is -0.445 e. The highest BCUT2D eigenvalue weighted by Crippen LogP contribution is 2.20. The predicted molar refractivity (Wildman–Crippen MR) is 72.1 cm³/mol. The summed E-state index contributed by atoms with van der Waals surface area (Å²) in [7, 11) is 0. The van der Waals surface area contributed by atoms with Crippen molar-refractivity contribution in [3.05, 3.63) is 33.8 Å². The lowest BCUT2D eigenvalue weighted by Crippen LogP contribution is -2.35. The average molecular weight is 288 g/mol. The number of hydrogen-bond donors (Lipinski definition) is 0. The Morgan fingerprint density at radius 2 is 1.72 bits per heavy atom. The van der Waals surface area contributed by atoms with E-state index < -0.39 is 0 Å². The summed E-state index contributed by atoms with van der Waals surface area (Å²) >= 11 is 11.8. The average Bonchev–Trinajstić information content (AvgIpc) is 2.36. The predicted octanol–water partition coefficient (Wildman–Crippen LogP) is 4.12. The Morgan fingerprint density at radius 3 is 2.33 bits per heavy atom. The van der Waals surface area contributed by atoms with Gasteiger partial charge in [-0.15, -0.1) is 0 Å². The maximum atomic E-state index is 11.8. The van der Waals surface area contributed by atoms with Crippen molar-refractivity contribution in [2.45, 2.75) is 25.9 Å². The van der Waals surface area contributed by atoms with Crippen LogP contribution in [0.3, 0.4) is 0 Å². The summed E-state index contributed by atoms with van der Waals surface area (Å²) in [6, 6.07) is 5.15. The van der Waals surface area contributed by atoms with Crippen molar-refractivity contribution in [2.24, 2.45) is 0 Å². The topological polar surface area (TPSA) is 29.5 Å². The maximum absolute atomic E-state index is 11.8. The molecule has 0 bridgehead atoms. The van der Waals surface area contributed by atoms with Crippen molar-refractivity contribution in [3.8, 4) is 0 Å². The third-order valence-corrected chi connectivity index (χ3v) is 3.34. The molecule has 1 saturated heterocycles. The molecular weight excluding hydrogens is 273 g/mol. The third-order valence-electron chi connectivity index (χ3n) is 2.90. The number of ether oxygens (including phenoxy) is 1. The summed E-state index contributed by atoms with van der Waals surface area (Å²) in [5, 5.41) is 1.10. The molecule has 1 fully saturated rings. The Bertz CT molecular complexity index is 411. The van der Waals surface area contributed by atoms with Crippen molar-refractivity contribution in [1.82, 2.24) is 4.90 Å². The number of carbonyl (C=O) groups is 1. The van der Waals surface area contributed by atoms with Gasteiger partial charge in [0.25, 0.3) is 0 Å². The van der Waals surface area contributed by atoms with Crippen LogP contribution >= 0.6 is 23.2 Å². The summed E-state index contributed by atoms with van der Waals surface area (Å²) < 4.78 is 5.25. The van der Waals surface area contributed by atoms with E-state index in [9.17, 15) is 4.79 Å². The molecule has 0 saturated carbocycles. The summed E-state index contributed by atoms with van der Waals surface area (Å²) in [5.41, 5.74) is 0.804. The molecule has 0 atom stereocenters. The number of piperidine rings is 1. The highest BCUT2D eigenvalue weighted by atomic mass is 35.5. The van der Waals surface area contributed by atoms with Gasteiger partial charge in [-0.3, -0.25) is 0 Å². The lowest BCUT2D eigenvalue weighted by atomic mass is 10.1. The zero-order valence-corrected chi connectivity index (χ0v) is 11.5. The minimum atomic E-state index is -0.259. The SMILES string of the molecule is O=C(OCc1cc(Cl)cc(Cl)c1)N1CCCCC1. The highest BCUT2D eigenvalue weighted by molar-refractivity contribution is 6.34. The standard InChI is InChI=1S/C13H15Cl2NO2/c14-11-6-10(7-12(15)8-11)9-18-13(17)16-4-2-1-3-5-16/h6-8H,1-5,9H2. The molecule has 1 aromatic rings. The largest absolute Gasteiger partial charge is 0.445 e. The number of carbonyl (C=O) groups excluding carboxylic acids is 1. The van der Waals surface area contributed by atoms with Gasteiger partial charge >= 0.3 is 6.09 Å². The van der Waals surface area contributed by atoms with Crippen LogP contribution in [0.5, 0.6) is 0 Å². The van der Waals surface area contributed by atoms with Crippen LogP contribution in [0.1, 0.15) is 24.8 Å². The number of amides is 1. The van der Waals surface area contributed by atoms with Gasteiger partial charge in [0.2, 0.25) is 0 Å². The molecule has 0 aromatic heterocycles. The van der Waals surface area contributed by atoms with Crippen molar-refractivity contribution in [3.63, 3.8) is 0 Å². The Hall–Kier alpha value is -0.930. The molecule has 3 nitrogen and oxygen atoms in total. The zero-order chi connectivity index (χ0) is 13.0. The lowest BCUT2D eigenvalue weighted by molar-refractivity contribution is 0.0894. The first kappa shape index (κ1) is 13.5. The first-order valence-corrected chi connectivity index (χ1v) is 6.77. The summed E-state index contributed by atoms with van der Waals surface area (Å²) in [4.78, 5) is 13.5. The number of rotatable bonds is 2. The van der Waals surface area contributed by atoms with Gasteiger partial charge < -0.3 is 9.64 Å². The Balaban J connectivity index is 1.88. The second kappa shape index (κ2) is 6.30. The Kier molecular flexibility index (Phi) is 4.72. The summed E-state index contributed by atoms with van der Waals surface area (Å²) in [6.07, 6.45) is 3.04. The molecule has 18 heavy (non-hydrogen) atoms. The first-order valence-electron chi connectivity index (χ1n) is 6.02. The fraction of sp³-hybridized carbons (Fsp3) is 0.462. The van der Waals surface area contributed by atoms with Gasteiger partial charge in [-0.1, -0.05) is 23.2 Å². The smallest absolute Gasteiger partial charge is 0.410 e. The zero-order valence-electron chi connectivity index (χ0n) is 9.99. The van der Waals surface area contributed by atoms with Crippen molar-refractivity contribution in [1.29, 1.82) is 0 Å². The molecule has 1 aliphatic heterocycles. The van der Waals surface area contributed by atoms with E-state index >= 15 is 0 Å². The van der Waals surface area contributed by atoms with Gasteiger partial charge in [0.15, 0.2) is 0 Å². The Labute approximate surface area is 117 Å². The van der Waals surface area contributed by atoms with Crippen LogP contribution in [0.4, 0.5) is 4.79 Å². The third kappa shape index (κ3) is 3.79. The second-order valence-electron chi connectivity index (χ2n) is 4.38. The Morgan fingerprint density at radius 1 is 1.11 bits per heavy atom. The number of halogens is 2. The molecule has 0 radical (unpaired) electrons. The molecule has 5 heteroatoms. The maximum Gasteiger partial charge on any atom is 0.410 e. The van der Waals surface area contributed by atoms with Gasteiger partial charge in [0, 0.05) is 23.1 Å². The fourth-order valence-electron chi connectivity index (χ4n) is 2.01. The van der Waals surface area contributed by atoms with E-state index in [1.54, 1.807) is 23.1 Å². The molecule has 1 heterocycles. The van der Waals surface area contributed by atoms with Crippen molar-refractivity contribution in [2.75, 3.05) is 13.1 Å². The number of benzene rings is 1. The van der Waals surface area contributed by atoms with Crippen LogP contribution < -0.4 is 0 Å². The molecule has 1 amide bonds. The molecule has 0 N–H and O–H groups in total. The van der Waals surface area contributed by atoms with E-state index in [-0.39, 0.29) is 12.7 Å². The van der Waals surface area contributed by atoms with E-state index in [2.05, 4.69) is 0 Å². The van der Waals surface area contributed by atoms with E-state index in [1.165, 1.54) is 6.42 Å². The molecule has 98 valence electrons. The van der Waals surface area contributed by atoms with Crippen LogP contribution in [0.25, 0.3) is 0 Å².